The first kappa shape index (κ1) is 16.5. The van der Waals surface area contributed by atoms with Crippen molar-refractivity contribution in [1.82, 2.24) is 24.2 Å². The number of imidazole rings is 1. The van der Waals surface area contributed by atoms with Crippen LogP contribution in [0.4, 0.5) is 0 Å². The SMILES string of the molecule is Cn1nc(C(=O)N2C[C@H]3C[C@@H](n4ccnc4)[C@H](O)C[C@H]3C2)c2ccccc21. The Hall–Kier alpha value is -2.67. The van der Waals surface area contributed by atoms with Crippen LogP contribution in [0.5, 0.6) is 0 Å². The highest BCUT2D eigenvalue weighted by Crippen LogP contribution is 2.41. The second-order valence-electron chi connectivity index (χ2n) is 7.84. The van der Waals surface area contributed by atoms with Crippen LogP contribution in [0, 0.1) is 11.8 Å². The van der Waals surface area contributed by atoms with E-state index in [0.29, 0.717) is 24.1 Å². The molecule has 0 bridgehead atoms. The van der Waals surface area contributed by atoms with Gasteiger partial charge in [0.1, 0.15) is 0 Å². The summed E-state index contributed by atoms with van der Waals surface area (Å²) in [4.78, 5) is 19.2. The van der Waals surface area contributed by atoms with Crippen LogP contribution in [0.25, 0.3) is 10.9 Å². The number of amides is 1. The molecule has 2 aromatic heterocycles. The number of carbonyl (C=O) groups is 1. The van der Waals surface area contributed by atoms with E-state index in [1.54, 1.807) is 17.2 Å². The number of benzene rings is 1. The number of hydrogen-bond donors (Lipinski definition) is 1. The smallest absolute Gasteiger partial charge is 0.275 e. The predicted molar refractivity (Wildman–Crippen MR) is 100 cm³/mol. The Morgan fingerprint density at radius 1 is 1.19 bits per heavy atom. The summed E-state index contributed by atoms with van der Waals surface area (Å²) in [5, 5.41) is 16.0. The molecule has 3 heterocycles. The fourth-order valence-electron chi connectivity index (χ4n) is 4.88. The number of rotatable bonds is 2. The fourth-order valence-corrected chi connectivity index (χ4v) is 4.88. The maximum absolute atomic E-state index is 13.2. The van der Waals surface area contributed by atoms with Gasteiger partial charge in [-0.1, -0.05) is 18.2 Å². The first-order chi connectivity index (χ1) is 13.1. The lowest BCUT2D eigenvalue weighted by molar-refractivity contribution is 0.0357. The van der Waals surface area contributed by atoms with Gasteiger partial charge < -0.3 is 14.6 Å². The zero-order valence-electron chi connectivity index (χ0n) is 15.3. The average Bonchev–Trinajstić information content (AvgIpc) is 3.39. The van der Waals surface area contributed by atoms with E-state index in [-0.39, 0.29) is 11.9 Å². The van der Waals surface area contributed by atoms with E-state index in [1.807, 2.05) is 47.0 Å². The van der Waals surface area contributed by atoms with Gasteiger partial charge in [-0.2, -0.15) is 5.10 Å². The third-order valence-electron chi connectivity index (χ3n) is 6.26. The zero-order chi connectivity index (χ0) is 18.5. The third-order valence-corrected chi connectivity index (χ3v) is 6.26. The molecule has 1 amide bonds. The van der Waals surface area contributed by atoms with Gasteiger partial charge in [-0.3, -0.25) is 9.48 Å². The highest BCUT2D eigenvalue weighted by Gasteiger charge is 2.44. The molecule has 2 aliphatic rings. The minimum atomic E-state index is -0.397. The number of aliphatic hydroxyl groups is 1. The van der Waals surface area contributed by atoms with Crippen LogP contribution in [0.3, 0.4) is 0 Å². The lowest BCUT2D eigenvalue weighted by Gasteiger charge is -2.35. The van der Waals surface area contributed by atoms with Gasteiger partial charge in [0, 0.05) is 37.9 Å². The highest BCUT2D eigenvalue weighted by atomic mass is 16.3. The summed E-state index contributed by atoms with van der Waals surface area (Å²) in [7, 11) is 1.87. The largest absolute Gasteiger partial charge is 0.391 e. The maximum atomic E-state index is 13.2. The maximum Gasteiger partial charge on any atom is 0.275 e. The number of hydrogen-bond acceptors (Lipinski definition) is 4. The molecule has 7 heteroatoms. The number of aromatic nitrogens is 4. The molecule has 27 heavy (non-hydrogen) atoms. The minimum absolute atomic E-state index is 0.00475. The Morgan fingerprint density at radius 3 is 2.74 bits per heavy atom. The van der Waals surface area contributed by atoms with E-state index in [2.05, 4.69) is 10.1 Å². The normalized spacial score (nSPS) is 27.9. The summed E-state index contributed by atoms with van der Waals surface area (Å²) < 4.78 is 3.77. The van der Waals surface area contributed by atoms with E-state index >= 15 is 0 Å². The number of para-hydroxylation sites is 1. The van der Waals surface area contributed by atoms with Crippen molar-refractivity contribution in [3.63, 3.8) is 0 Å². The summed E-state index contributed by atoms with van der Waals surface area (Å²) >= 11 is 0. The van der Waals surface area contributed by atoms with Crippen molar-refractivity contribution in [2.24, 2.45) is 18.9 Å². The van der Waals surface area contributed by atoms with E-state index in [9.17, 15) is 9.90 Å². The number of aliphatic hydroxyl groups excluding tert-OH is 1. The van der Waals surface area contributed by atoms with Crippen molar-refractivity contribution >= 4 is 16.8 Å². The van der Waals surface area contributed by atoms with Gasteiger partial charge in [0.25, 0.3) is 5.91 Å². The number of nitrogens with zero attached hydrogens (tertiary/aromatic N) is 5. The van der Waals surface area contributed by atoms with Crippen molar-refractivity contribution in [3.8, 4) is 0 Å². The molecule has 1 saturated heterocycles. The summed E-state index contributed by atoms with van der Waals surface area (Å²) in [6, 6.07) is 7.88. The minimum Gasteiger partial charge on any atom is -0.391 e. The van der Waals surface area contributed by atoms with E-state index in [4.69, 9.17) is 0 Å². The van der Waals surface area contributed by atoms with Gasteiger partial charge in [-0.05, 0) is 30.7 Å². The standard InChI is InChI=1S/C20H23N5O2/c1-23-16-5-3-2-4-15(16)19(22-23)20(27)25-10-13-8-17(24-7-6-21-12-24)18(26)9-14(13)11-25/h2-7,12-14,17-18,26H,8-11H2,1H3/t13-,14+,17-,18-/m1/s1. The molecule has 1 aliphatic heterocycles. The molecule has 0 spiro atoms. The van der Waals surface area contributed by atoms with E-state index < -0.39 is 6.10 Å². The van der Waals surface area contributed by atoms with Gasteiger partial charge in [0.05, 0.1) is 24.0 Å². The lowest BCUT2D eigenvalue weighted by Crippen LogP contribution is -2.35. The predicted octanol–water partition coefficient (Wildman–Crippen LogP) is 1.85. The van der Waals surface area contributed by atoms with Crippen LogP contribution in [-0.4, -0.2) is 54.4 Å². The van der Waals surface area contributed by atoms with Crippen molar-refractivity contribution in [3.05, 3.63) is 48.7 Å². The summed E-state index contributed by atoms with van der Waals surface area (Å²) in [5.41, 5.74) is 1.49. The highest BCUT2D eigenvalue weighted by molar-refractivity contribution is 6.04. The van der Waals surface area contributed by atoms with Crippen molar-refractivity contribution in [2.45, 2.75) is 25.0 Å². The molecule has 0 radical (unpaired) electrons. The van der Waals surface area contributed by atoms with Gasteiger partial charge in [-0.15, -0.1) is 0 Å². The van der Waals surface area contributed by atoms with Crippen molar-refractivity contribution in [1.29, 1.82) is 0 Å². The molecule has 3 aromatic rings. The van der Waals surface area contributed by atoms with Gasteiger partial charge in [0.15, 0.2) is 5.69 Å². The van der Waals surface area contributed by atoms with Crippen LogP contribution in [0.15, 0.2) is 43.0 Å². The first-order valence-electron chi connectivity index (χ1n) is 9.48. The molecule has 140 valence electrons. The van der Waals surface area contributed by atoms with Crippen molar-refractivity contribution < 1.29 is 9.90 Å². The lowest BCUT2D eigenvalue weighted by atomic mass is 9.77. The van der Waals surface area contributed by atoms with Gasteiger partial charge in [0.2, 0.25) is 0 Å². The average molecular weight is 365 g/mol. The Labute approximate surface area is 157 Å². The Kier molecular flexibility index (Phi) is 3.79. The monoisotopic (exact) mass is 365 g/mol. The number of aryl methyl sites for hydroxylation is 1. The van der Waals surface area contributed by atoms with Crippen LogP contribution in [-0.2, 0) is 7.05 Å². The topological polar surface area (TPSA) is 76.2 Å². The molecule has 1 aromatic carbocycles. The Balaban J connectivity index is 1.38. The molecular formula is C20H23N5O2. The molecule has 1 aliphatic carbocycles. The van der Waals surface area contributed by atoms with Crippen LogP contribution >= 0.6 is 0 Å². The van der Waals surface area contributed by atoms with Crippen LogP contribution < -0.4 is 0 Å². The van der Waals surface area contributed by atoms with E-state index in [1.165, 1.54) is 0 Å². The molecular weight excluding hydrogens is 342 g/mol. The number of fused-ring (bicyclic) bond motifs is 2. The molecule has 5 rings (SSSR count). The number of carbonyl (C=O) groups excluding carboxylic acids is 1. The number of likely N-dealkylation sites (tertiary alicyclic amines) is 1. The van der Waals surface area contributed by atoms with Crippen LogP contribution in [0.1, 0.15) is 29.4 Å². The molecule has 0 unspecified atom stereocenters. The Bertz CT molecular complexity index is 980. The second kappa shape index (κ2) is 6.20. The molecule has 7 nitrogen and oxygen atoms in total. The first-order valence-corrected chi connectivity index (χ1v) is 9.48. The third kappa shape index (κ3) is 2.65. The summed E-state index contributed by atoms with van der Waals surface area (Å²) in [6.07, 6.45) is 6.62. The molecule has 4 atom stereocenters. The summed E-state index contributed by atoms with van der Waals surface area (Å²) in [5.74, 6) is 0.744. The second-order valence-corrected chi connectivity index (χ2v) is 7.84. The zero-order valence-corrected chi connectivity index (χ0v) is 15.3. The molecule has 1 N–H and O–H groups in total. The quantitative estimate of drug-likeness (QED) is 0.752. The molecule has 2 fully saturated rings. The Morgan fingerprint density at radius 2 is 1.96 bits per heavy atom. The summed E-state index contributed by atoms with van der Waals surface area (Å²) in [6.45, 7) is 1.43. The molecule has 1 saturated carbocycles. The van der Waals surface area contributed by atoms with Crippen LogP contribution in [0.2, 0.25) is 0 Å². The van der Waals surface area contributed by atoms with Gasteiger partial charge in [-0.25, -0.2) is 4.98 Å². The van der Waals surface area contributed by atoms with Gasteiger partial charge >= 0.3 is 0 Å². The van der Waals surface area contributed by atoms with E-state index in [0.717, 1.165) is 30.3 Å². The fraction of sp³-hybridized carbons (Fsp3) is 0.450. The van der Waals surface area contributed by atoms with Crippen molar-refractivity contribution in [2.75, 3.05) is 13.1 Å².